The molecule has 5 aromatic rings. The highest BCUT2D eigenvalue weighted by atomic mass is 35.5. The Hall–Kier alpha value is -4.40. The van der Waals surface area contributed by atoms with E-state index in [4.69, 9.17) is 21.3 Å². The third kappa shape index (κ3) is 5.18. The zero-order chi connectivity index (χ0) is 31.0. The summed E-state index contributed by atoms with van der Waals surface area (Å²) in [6.45, 7) is 7.44. The molecule has 0 saturated heterocycles. The Morgan fingerprint density at radius 1 is 1.05 bits per heavy atom. The van der Waals surface area contributed by atoms with Crippen molar-refractivity contribution in [2.45, 2.75) is 33.4 Å². The monoisotopic (exact) mass is 624 g/mol. The van der Waals surface area contributed by atoms with Gasteiger partial charge in [-0.15, -0.1) is 0 Å². The highest BCUT2D eigenvalue weighted by Crippen LogP contribution is 2.36. The number of amides is 1. The van der Waals surface area contributed by atoms with E-state index in [0.29, 0.717) is 51.0 Å². The van der Waals surface area contributed by atoms with Crippen LogP contribution in [0.3, 0.4) is 0 Å². The van der Waals surface area contributed by atoms with Crippen LogP contribution in [0.1, 0.15) is 43.5 Å². The lowest BCUT2D eigenvalue weighted by molar-refractivity contribution is -0.127. The molecule has 0 spiro atoms. The van der Waals surface area contributed by atoms with Crippen molar-refractivity contribution in [3.63, 3.8) is 0 Å². The molecule has 0 N–H and O–H groups in total. The van der Waals surface area contributed by atoms with Crippen molar-refractivity contribution in [3.8, 4) is 5.75 Å². The molecule has 9 heteroatoms. The van der Waals surface area contributed by atoms with Crippen LogP contribution in [0, 0.1) is 0 Å². The Labute approximate surface area is 264 Å². The Morgan fingerprint density at radius 2 is 1.75 bits per heavy atom. The summed E-state index contributed by atoms with van der Waals surface area (Å²) >= 11 is 7.82. The van der Waals surface area contributed by atoms with Crippen LogP contribution in [-0.2, 0) is 11.3 Å². The van der Waals surface area contributed by atoms with Gasteiger partial charge in [0.1, 0.15) is 11.8 Å². The van der Waals surface area contributed by atoms with Gasteiger partial charge in [-0.05, 0) is 50.6 Å². The van der Waals surface area contributed by atoms with Crippen molar-refractivity contribution >= 4 is 45.8 Å². The van der Waals surface area contributed by atoms with Crippen molar-refractivity contribution in [1.29, 1.82) is 0 Å². The minimum Gasteiger partial charge on any atom is -0.496 e. The summed E-state index contributed by atoms with van der Waals surface area (Å²) in [4.78, 5) is 35.4. The number of allylic oxidation sites excluding steroid dienone is 1. The number of para-hydroxylation sites is 2. The van der Waals surface area contributed by atoms with Crippen molar-refractivity contribution in [3.05, 3.63) is 132 Å². The number of nitrogens with zero attached hydrogens (tertiary/aromatic N) is 4. The average molecular weight is 625 g/mol. The molecular formula is C35H33ClN4O3S. The molecule has 6 rings (SSSR count). The fourth-order valence-electron chi connectivity index (χ4n) is 5.94. The first-order valence-corrected chi connectivity index (χ1v) is 15.8. The van der Waals surface area contributed by atoms with E-state index in [-0.39, 0.29) is 11.5 Å². The van der Waals surface area contributed by atoms with Crippen molar-refractivity contribution in [2.75, 3.05) is 20.2 Å². The molecule has 0 bridgehead atoms. The van der Waals surface area contributed by atoms with Crippen molar-refractivity contribution < 1.29 is 9.53 Å². The first-order chi connectivity index (χ1) is 21.4. The van der Waals surface area contributed by atoms with Gasteiger partial charge in [-0.2, -0.15) is 0 Å². The molecule has 44 heavy (non-hydrogen) atoms. The number of aromatic nitrogens is 2. The molecule has 1 atom stereocenters. The predicted molar refractivity (Wildman–Crippen MR) is 177 cm³/mol. The molecule has 1 amide bonds. The third-order valence-electron chi connectivity index (χ3n) is 8.14. The smallest absolute Gasteiger partial charge is 0.271 e. The largest absolute Gasteiger partial charge is 0.496 e. The zero-order valence-electron chi connectivity index (χ0n) is 25.1. The summed E-state index contributed by atoms with van der Waals surface area (Å²) in [6, 6.07) is 22.8. The van der Waals surface area contributed by atoms with E-state index in [2.05, 4.69) is 22.9 Å². The van der Waals surface area contributed by atoms with Crippen LogP contribution >= 0.6 is 22.9 Å². The first kappa shape index (κ1) is 29.7. The Morgan fingerprint density at radius 3 is 2.50 bits per heavy atom. The first-order valence-electron chi connectivity index (χ1n) is 14.6. The van der Waals surface area contributed by atoms with Gasteiger partial charge in [-0.1, -0.05) is 77.5 Å². The van der Waals surface area contributed by atoms with Gasteiger partial charge in [0.25, 0.3) is 11.5 Å². The van der Waals surface area contributed by atoms with E-state index in [0.717, 1.165) is 27.6 Å². The van der Waals surface area contributed by atoms with E-state index in [1.54, 1.807) is 16.6 Å². The lowest BCUT2D eigenvalue weighted by Gasteiger charge is -2.29. The topological polar surface area (TPSA) is 68.8 Å². The molecule has 2 aromatic heterocycles. The number of likely N-dealkylation sites (N-methyl/N-ethyl adjacent to an activating group) is 1. The fraction of sp³-hybridized carbons (Fsp3) is 0.229. The molecule has 7 nitrogen and oxygen atoms in total. The molecular weight excluding hydrogens is 592 g/mol. The molecule has 1 aliphatic heterocycles. The van der Waals surface area contributed by atoms with Gasteiger partial charge >= 0.3 is 0 Å². The lowest BCUT2D eigenvalue weighted by atomic mass is 9.94. The second kappa shape index (κ2) is 12.3. The van der Waals surface area contributed by atoms with Gasteiger partial charge in [-0.3, -0.25) is 14.2 Å². The number of methoxy groups -OCH3 is 1. The van der Waals surface area contributed by atoms with Crippen molar-refractivity contribution in [2.24, 2.45) is 4.99 Å². The third-order valence-corrected chi connectivity index (χ3v) is 9.49. The number of benzene rings is 3. The van der Waals surface area contributed by atoms with Gasteiger partial charge in [0.2, 0.25) is 0 Å². The van der Waals surface area contributed by atoms with Gasteiger partial charge in [0, 0.05) is 52.9 Å². The van der Waals surface area contributed by atoms with Crippen LogP contribution in [0.4, 0.5) is 0 Å². The molecule has 224 valence electrons. The SMILES string of the molecule is CCN(CC)C(=O)C1=C(C)N=c2s/c(=C/c3cn(Cc4ccccc4Cl)c4ccccc34)c(=O)n2[C@@H]1c1ccccc1OC. The molecule has 3 aromatic carbocycles. The Balaban J connectivity index is 1.54. The fourth-order valence-corrected chi connectivity index (χ4v) is 7.17. The number of halogens is 1. The molecule has 0 unspecified atom stereocenters. The van der Waals surface area contributed by atoms with Crippen LogP contribution in [0.25, 0.3) is 17.0 Å². The normalized spacial score (nSPS) is 14.9. The number of hydrogen-bond donors (Lipinski definition) is 0. The van der Waals surface area contributed by atoms with Gasteiger partial charge < -0.3 is 14.2 Å². The summed E-state index contributed by atoms with van der Waals surface area (Å²) in [6.07, 6.45) is 3.99. The number of hydrogen-bond acceptors (Lipinski definition) is 5. The van der Waals surface area contributed by atoms with Crippen LogP contribution in [0.15, 0.2) is 100 Å². The number of rotatable bonds is 8. The van der Waals surface area contributed by atoms with Crippen LogP contribution in [-0.4, -0.2) is 40.1 Å². The highest BCUT2D eigenvalue weighted by molar-refractivity contribution is 7.07. The maximum absolute atomic E-state index is 14.3. The molecule has 1 aliphatic rings. The van der Waals surface area contributed by atoms with Gasteiger partial charge in [0.15, 0.2) is 4.80 Å². The molecule has 0 fully saturated rings. The minimum absolute atomic E-state index is 0.135. The van der Waals surface area contributed by atoms with Crippen LogP contribution < -0.4 is 19.6 Å². The molecule has 0 aliphatic carbocycles. The number of carbonyl (C=O) groups excluding carboxylic acids is 1. The number of carbonyl (C=O) groups is 1. The summed E-state index contributed by atoms with van der Waals surface area (Å²) in [5.41, 5.74) is 4.59. The van der Waals surface area contributed by atoms with E-state index >= 15 is 0 Å². The second-order valence-corrected chi connectivity index (χ2v) is 12.0. The minimum atomic E-state index is -0.681. The van der Waals surface area contributed by atoms with Gasteiger partial charge in [-0.25, -0.2) is 4.99 Å². The van der Waals surface area contributed by atoms with Crippen LogP contribution in [0.2, 0.25) is 5.02 Å². The highest BCUT2D eigenvalue weighted by Gasteiger charge is 2.35. The van der Waals surface area contributed by atoms with E-state index in [9.17, 15) is 9.59 Å². The second-order valence-electron chi connectivity index (χ2n) is 10.6. The Bertz CT molecular complexity index is 2100. The lowest BCUT2D eigenvalue weighted by Crippen LogP contribution is -2.43. The summed E-state index contributed by atoms with van der Waals surface area (Å²) in [5.74, 6) is 0.471. The van der Waals surface area contributed by atoms with E-state index in [1.165, 1.54) is 11.3 Å². The summed E-state index contributed by atoms with van der Waals surface area (Å²) in [7, 11) is 1.60. The number of thiazole rings is 1. The number of ether oxygens (including phenoxy) is 1. The Kier molecular flexibility index (Phi) is 8.29. The van der Waals surface area contributed by atoms with Gasteiger partial charge in [0.05, 0.1) is 22.9 Å². The maximum Gasteiger partial charge on any atom is 0.271 e. The quantitative estimate of drug-likeness (QED) is 0.220. The molecule has 3 heterocycles. The maximum atomic E-state index is 14.3. The standard InChI is InChI=1S/C35H33ClN4O3S/c1-5-38(6-2)34(42)31-22(3)37-35-40(32(31)26-15-9-12-18-29(26)43-4)33(41)30(44-35)19-24-21-39(28-17-11-8-14-25(24)28)20-23-13-7-10-16-27(23)36/h7-19,21,32H,5-6,20H2,1-4H3/b30-19+/t32-/m1/s1. The summed E-state index contributed by atoms with van der Waals surface area (Å²) < 4.78 is 10.1. The molecule has 0 radical (unpaired) electrons. The average Bonchev–Trinajstić information content (AvgIpc) is 3.54. The predicted octanol–water partition coefficient (Wildman–Crippen LogP) is 5.77. The zero-order valence-corrected chi connectivity index (χ0v) is 26.7. The van der Waals surface area contributed by atoms with Crippen LogP contribution in [0.5, 0.6) is 5.75 Å². The summed E-state index contributed by atoms with van der Waals surface area (Å²) in [5, 5.41) is 1.74. The van der Waals surface area contributed by atoms with Crippen molar-refractivity contribution in [1.82, 2.24) is 14.0 Å². The number of fused-ring (bicyclic) bond motifs is 2. The molecule has 0 saturated carbocycles. The van der Waals surface area contributed by atoms with E-state index < -0.39 is 6.04 Å². The van der Waals surface area contributed by atoms with E-state index in [1.807, 2.05) is 87.5 Å².